The number of halogens is 1. The lowest BCUT2D eigenvalue weighted by Gasteiger charge is -2.55. The summed E-state index contributed by atoms with van der Waals surface area (Å²) in [6.45, 7) is 7.04. The number of amides is 1. The van der Waals surface area contributed by atoms with Gasteiger partial charge in [-0.1, -0.05) is 57.3 Å². The van der Waals surface area contributed by atoms with Crippen molar-refractivity contribution >= 4 is 17.5 Å². The molecule has 3 nitrogen and oxygen atoms in total. The lowest BCUT2D eigenvalue weighted by Crippen LogP contribution is -2.67. The highest BCUT2D eigenvalue weighted by Gasteiger charge is 2.53. The average Bonchev–Trinajstić information content (AvgIpc) is 2.51. The van der Waals surface area contributed by atoms with Gasteiger partial charge in [-0.05, 0) is 49.3 Å². The smallest absolute Gasteiger partial charge is 0.220 e. The van der Waals surface area contributed by atoms with Crippen molar-refractivity contribution < 1.29 is 4.79 Å². The Hall–Kier alpha value is -1.06. The van der Waals surface area contributed by atoms with E-state index in [9.17, 15) is 4.79 Å². The van der Waals surface area contributed by atoms with Gasteiger partial charge < -0.3 is 11.1 Å². The highest BCUT2D eigenvalue weighted by molar-refractivity contribution is 6.30. The molecule has 0 bridgehead atoms. The molecule has 0 aromatic heterocycles. The topological polar surface area (TPSA) is 55.1 Å². The number of rotatable bonds is 9. The van der Waals surface area contributed by atoms with E-state index in [0.29, 0.717) is 18.9 Å². The second-order valence-corrected chi connectivity index (χ2v) is 8.51. The van der Waals surface area contributed by atoms with Gasteiger partial charge in [-0.15, -0.1) is 0 Å². The van der Waals surface area contributed by atoms with E-state index in [1.54, 1.807) is 0 Å². The molecule has 1 aromatic carbocycles. The SMILES string of the molecule is CCCCC(=O)NC[C@](N)(CC(C)C)C1(c2ccc(Cl)cc2)CCC1. The van der Waals surface area contributed by atoms with Gasteiger partial charge in [-0.3, -0.25) is 4.79 Å². The van der Waals surface area contributed by atoms with Crippen LogP contribution in [0.1, 0.15) is 71.3 Å². The molecule has 0 saturated heterocycles. The molecule has 0 spiro atoms. The zero-order chi connectivity index (χ0) is 18.5. The molecule has 25 heavy (non-hydrogen) atoms. The molecule has 1 amide bonds. The Bertz CT molecular complexity index is 566. The second-order valence-electron chi connectivity index (χ2n) is 8.08. The summed E-state index contributed by atoms with van der Waals surface area (Å²) in [6, 6.07) is 8.13. The fourth-order valence-electron chi connectivity index (χ4n) is 4.22. The number of carbonyl (C=O) groups excluding carboxylic acids is 1. The monoisotopic (exact) mass is 364 g/mol. The minimum atomic E-state index is -0.435. The highest BCUT2D eigenvalue weighted by Crippen LogP contribution is 2.52. The van der Waals surface area contributed by atoms with Crippen LogP contribution >= 0.6 is 11.6 Å². The van der Waals surface area contributed by atoms with Crippen molar-refractivity contribution in [1.29, 1.82) is 0 Å². The maximum absolute atomic E-state index is 12.2. The Kier molecular flexibility index (Phi) is 6.93. The van der Waals surface area contributed by atoms with Gasteiger partial charge in [0, 0.05) is 28.9 Å². The molecule has 1 aliphatic carbocycles. The molecule has 0 aliphatic heterocycles. The predicted molar refractivity (Wildman–Crippen MR) is 106 cm³/mol. The van der Waals surface area contributed by atoms with Crippen LogP contribution in [0.3, 0.4) is 0 Å². The van der Waals surface area contributed by atoms with Crippen molar-refractivity contribution in [1.82, 2.24) is 5.32 Å². The molecule has 0 radical (unpaired) electrons. The van der Waals surface area contributed by atoms with Gasteiger partial charge in [0.1, 0.15) is 0 Å². The summed E-state index contributed by atoms with van der Waals surface area (Å²) in [5.41, 5.74) is 7.79. The molecule has 0 heterocycles. The summed E-state index contributed by atoms with van der Waals surface area (Å²) in [7, 11) is 0. The molecular weight excluding hydrogens is 332 g/mol. The number of hydrogen-bond acceptors (Lipinski definition) is 2. The third-order valence-corrected chi connectivity index (χ3v) is 5.94. The van der Waals surface area contributed by atoms with E-state index in [1.807, 2.05) is 12.1 Å². The first-order valence-electron chi connectivity index (χ1n) is 9.64. The van der Waals surface area contributed by atoms with E-state index in [-0.39, 0.29) is 11.3 Å². The zero-order valence-electron chi connectivity index (χ0n) is 15.9. The predicted octanol–water partition coefficient (Wildman–Crippen LogP) is 4.81. The largest absolute Gasteiger partial charge is 0.354 e. The molecule has 2 rings (SSSR count). The van der Waals surface area contributed by atoms with E-state index in [4.69, 9.17) is 17.3 Å². The zero-order valence-corrected chi connectivity index (χ0v) is 16.7. The lowest BCUT2D eigenvalue weighted by atomic mass is 9.52. The van der Waals surface area contributed by atoms with Gasteiger partial charge >= 0.3 is 0 Å². The third-order valence-electron chi connectivity index (χ3n) is 5.69. The molecule has 1 saturated carbocycles. The van der Waals surface area contributed by atoms with Crippen LogP contribution in [0.25, 0.3) is 0 Å². The van der Waals surface area contributed by atoms with Crippen LogP contribution in [0, 0.1) is 5.92 Å². The van der Waals surface area contributed by atoms with Gasteiger partial charge in [0.05, 0.1) is 0 Å². The van der Waals surface area contributed by atoms with E-state index < -0.39 is 5.54 Å². The number of unbranched alkanes of at least 4 members (excludes halogenated alkanes) is 1. The van der Waals surface area contributed by atoms with Crippen molar-refractivity contribution in [3.05, 3.63) is 34.9 Å². The van der Waals surface area contributed by atoms with Crippen LogP contribution in [0.4, 0.5) is 0 Å². The van der Waals surface area contributed by atoms with Crippen LogP contribution in [-0.4, -0.2) is 18.0 Å². The Morgan fingerprint density at radius 3 is 2.44 bits per heavy atom. The number of carbonyl (C=O) groups is 1. The minimum Gasteiger partial charge on any atom is -0.354 e. The summed E-state index contributed by atoms with van der Waals surface area (Å²) in [6.07, 6.45) is 6.76. The minimum absolute atomic E-state index is 0.0695. The van der Waals surface area contributed by atoms with Crippen LogP contribution < -0.4 is 11.1 Å². The summed E-state index contributed by atoms with van der Waals surface area (Å²) >= 11 is 6.08. The quantitative estimate of drug-likeness (QED) is 0.660. The van der Waals surface area contributed by atoms with Crippen molar-refractivity contribution in [3.8, 4) is 0 Å². The second kappa shape index (κ2) is 8.55. The molecule has 1 atom stereocenters. The molecular formula is C21H33ClN2O. The van der Waals surface area contributed by atoms with Gasteiger partial charge in [-0.2, -0.15) is 0 Å². The standard InChI is InChI=1S/C21H33ClN2O/c1-4-5-7-19(25)24-15-21(23,14-16(2)3)20(12-6-13-20)17-8-10-18(22)11-9-17/h8-11,16H,4-7,12-15,23H2,1-3H3,(H,24,25)/t21-/m1/s1. The van der Waals surface area contributed by atoms with E-state index in [0.717, 1.165) is 37.1 Å². The van der Waals surface area contributed by atoms with E-state index in [1.165, 1.54) is 12.0 Å². The summed E-state index contributed by atoms with van der Waals surface area (Å²) in [4.78, 5) is 12.2. The normalized spacial score (nSPS) is 18.5. The van der Waals surface area contributed by atoms with Crippen LogP contribution in [-0.2, 0) is 10.2 Å². The van der Waals surface area contributed by atoms with Gasteiger partial charge in [0.15, 0.2) is 0 Å². The van der Waals surface area contributed by atoms with Crippen molar-refractivity contribution in [2.24, 2.45) is 11.7 Å². The first-order chi connectivity index (χ1) is 11.8. The molecule has 4 heteroatoms. The molecule has 1 aromatic rings. The Labute approximate surface area is 157 Å². The highest BCUT2D eigenvalue weighted by atomic mass is 35.5. The third kappa shape index (κ3) is 4.57. The molecule has 140 valence electrons. The van der Waals surface area contributed by atoms with E-state index in [2.05, 4.69) is 38.2 Å². The van der Waals surface area contributed by atoms with Crippen molar-refractivity contribution in [3.63, 3.8) is 0 Å². The molecule has 1 fully saturated rings. The van der Waals surface area contributed by atoms with Crippen LogP contribution in [0.2, 0.25) is 5.02 Å². The summed E-state index contributed by atoms with van der Waals surface area (Å²) < 4.78 is 0. The fraction of sp³-hybridized carbons (Fsp3) is 0.667. The number of hydrogen-bond donors (Lipinski definition) is 2. The van der Waals surface area contributed by atoms with Crippen LogP contribution in [0.5, 0.6) is 0 Å². The summed E-state index contributed by atoms with van der Waals surface area (Å²) in [5, 5.41) is 3.88. The lowest BCUT2D eigenvalue weighted by molar-refractivity contribution is -0.121. The van der Waals surface area contributed by atoms with Gasteiger partial charge in [-0.25, -0.2) is 0 Å². The number of nitrogens with two attached hydrogens (primary N) is 1. The van der Waals surface area contributed by atoms with Gasteiger partial charge in [0.2, 0.25) is 5.91 Å². The maximum Gasteiger partial charge on any atom is 0.220 e. The van der Waals surface area contributed by atoms with Crippen molar-refractivity contribution in [2.45, 2.75) is 76.7 Å². The van der Waals surface area contributed by atoms with Crippen molar-refractivity contribution in [2.75, 3.05) is 6.54 Å². The Morgan fingerprint density at radius 2 is 1.96 bits per heavy atom. The van der Waals surface area contributed by atoms with E-state index >= 15 is 0 Å². The van der Waals surface area contributed by atoms with Gasteiger partial charge in [0.25, 0.3) is 0 Å². The number of nitrogens with one attached hydrogen (secondary N) is 1. The molecule has 3 N–H and O–H groups in total. The first kappa shape index (κ1) is 20.3. The average molecular weight is 365 g/mol. The number of benzene rings is 1. The Balaban J connectivity index is 2.24. The molecule has 1 aliphatic rings. The molecule has 0 unspecified atom stereocenters. The maximum atomic E-state index is 12.2. The first-order valence-corrected chi connectivity index (χ1v) is 10.0. The van der Waals surface area contributed by atoms with Crippen LogP contribution in [0.15, 0.2) is 24.3 Å². The fourth-order valence-corrected chi connectivity index (χ4v) is 4.35. The summed E-state index contributed by atoms with van der Waals surface area (Å²) in [5.74, 6) is 0.591. The Morgan fingerprint density at radius 1 is 1.32 bits per heavy atom.